The van der Waals surface area contributed by atoms with E-state index in [0.29, 0.717) is 0 Å². The van der Waals surface area contributed by atoms with Gasteiger partial charge in [-0.2, -0.15) is 5.57 Å². The fourth-order valence-electron chi connectivity index (χ4n) is 1.33. The van der Waals surface area contributed by atoms with Crippen LogP contribution in [0, 0.1) is 6.08 Å². The Morgan fingerprint density at radius 1 is 1.42 bits per heavy atom. The average Bonchev–Trinajstić information content (AvgIpc) is 2.48. The minimum Gasteiger partial charge on any atom is -0.269 e. The molecule has 1 aliphatic rings. The van der Waals surface area contributed by atoms with Crippen molar-refractivity contribution in [3.63, 3.8) is 0 Å². The Morgan fingerprint density at radius 2 is 2.17 bits per heavy atom. The van der Waals surface area contributed by atoms with Gasteiger partial charge >= 0.3 is 0 Å². The van der Waals surface area contributed by atoms with E-state index in [-0.39, 0.29) is 25.8 Å². The second-order valence-electron chi connectivity index (χ2n) is 3.14. The molecule has 0 aromatic heterocycles. The molecule has 0 N–H and O–H groups in total. The van der Waals surface area contributed by atoms with E-state index in [9.17, 15) is 0 Å². The van der Waals surface area contributed by atoms with Crippen LogP contribution in [0.4, 0.5) is 0 Å². The molecular weight excluding hydrogens is 311 g/mol. The van der Waals surface area contributed by atoms with Crippen LogP contribution in [0.1, 0.15) is 46.0 Å². The summed E-state index contributed by atoms with van der Waals surface area (Å²) in [5.41, 5.74) is 3.00. The Kier molecular flexibility index (Phi) is 7.02. The van der Waals surface area contributed by atoms with E-state index in [4.69, 9.17) is 0 Å². The van der Waals surface area contributed by atoms with Gasteiger partial charge in [0.05, 0.1) is 0 Å². The van der Waals surface area contributed by atoms with Crippen LogP contribution in [0.15, 0.2) is 17.2 Å². The summed E-state index contributed by atoms with van der Waals surface area (Å²) < 4.78 is 0. The van der Waals surface area contributed by atoms with E-state index in [1.54, 1.807) is 5.57 Å². The zero-order valence-corrected chi connectivity index (χ0v) is 11.7. The Bertz CT molecular complexity index is 177. The van der Waals surface area contributed by atoms with Crippen LogP contribution >= 0.6 is 0 Å². The van der Waals surface area contributed by atoms with Gasteiger partial charge < -0.3 is 0 Å². The van der Waals surface area contributed by atoms with Crippen LogP contribution in [0.2, 0.25) is 0 Å². The molecule has 66 valence electrons. The predicted molar refractivity (Wildman–Crippen MR) is 49.3 cm³/mol. The van der Waals surface area contributed by atoms with Crippen LogP contribution in [0.5, 0.6) is 0 Å². The molecule has 0 saturated carbocycles. The normalized spacial score (nSPS) is 15.2. The molecule has 12 heavy (non-hydrogen) atoms. The average molecular weight is 328 g/mol. The maximum Gasteiger partial charge on any atom is 0 e. The summed E-state index contributed by atoms with van der Waals surface area (Å²) in [4.78, 5) is 0. The summed E-state index contributed by atoms with van der Waals surface area (Å²) in [6, 6.07) is 0. The molecule has 0 radical (unpaired) electrons. The molecule has 0 aliphatic heterocycles. The Hall–Kier alpha value is 0.350. The van der Waals surface area contributed by atoms with Crippen molar-refractivity contribution in [2.24, 2.45) is 0 Å². The molecule has 0 unspecified atom stereocenters. The molecule has 0 atom stereocenters. The maximum atomic E-state index is 3.42. The number of hydrogen-bond donors (Lipinski definition) is 0. The van der Waals surface area contributed by atoms with Crippen molar-refractivity contribution in [3.05, 3.63) is 23.3 Å². The molecule has 0 spiro atoms. The van der Waals surface area contributed by atoms with Gasteiger partial charge in [-0.1, -0.05) is 39.5 Å². The van der Waals surface area contributed by atoms with Gasteiger partial charge in [0.25, 0.3) is 0 Å². The molecular formula is C11H17Hf-. The first-order valence-corrected chi connectivity index (χ1v) is 4.66. The van der Waals surface area contributed by atoms with Crippen LogP contribution in [0.3, 0.4) is 0 Å². The van der Waals surface area contributed by atoms with E-state index in [1.807, 2.05) is 0 Å². The van der Waals surface area contributed by atoms with E-state index < -0.39 is 0 Å². The molecule has 1 rings (SSSR count). The van der Waals surface area contributed by atoms with E-state index in [2.05, 4.69) is 26.0 Å². The fraction of sp³-hybridized carbons (Fsp3) is 0.636. The zero-order valence-electron chi connectivity index (χ0n) is 8.11. The first-order valence-electron chi connectivity index (χ1n) is 4.66. The monoisotopic (exact) mass is 329 g/mol. The molecule has 0 bridgehead atoms. The van der Waals surface area contributed by atoms with Crippen molar-refractivity contribution in [2.75, 3.05) is 0 Å². The van der Waals surface area contributed by atoms with Crippen molar-refractivity contribution in [1.82, 2.24) is 0 Å². The smallest absolute Gasteiger partial charge is 0 e. The fourth-order valence-corrected chi connectivity index (χ4v) is 1.33. The van der Waals surface area contributed by atoms with Crippen molar-refractivity contribution in [1.29, 1.82) is 0 Å². The van der Waals surface area contributed by atoms with Gasteiger partial charge in [0.1, 0.15) is 0 Å². The maximum absolute atomic E-state index is 3.42. The van der Waals surface area contributed by atoms with Crippen LogP contribution in [0.25, 0.3) is 0 Å². The topological polar surface area (TPSA) is 0 Å². The van der Waals surface area contributed by atoms with Crippen molar-refractivity contribution < 1.29 is 25.8 Å². The first-order chi connectivity index (χ1) is 5.36. The molecule has 1 heteroatoms. The van der Waals surface area contributed by atoms with Crippen molar-refractivity contribution in [2.45, 2.75) is 46.0 Å². The Labute approximate surface area is 94.9 Å². The molecule has 1 aliphatic carbocycles. The largest absolute Gasteiger partial charge is 0.269 e. The minimum atomic E-state index is 0. The van der Waals surface area contributed by atoms with Gasteiger partial charge in [-0.05, 0) is 0 Å². The molecule has 0 heterocycles. The number of hydrogen-bond acceptors (Lipinski definition) is 0. The van der Waals surface area contributed by atoms with E-state index in [0.717, 1.165) is 6.42 Å². The summed E-state index contributed by atoms with van der Waals surface area (Å²) in [7, 11) is 0. The third-order valence-corrected chi connectivity index (χ3v) is 2.17. The van der Waals surface area contributed by atoms with Crippen LogP contribution in [-0.2, 0) is 25.8 Å². The van der Waals surface area contributed by atoms with Gasteiger partial charge in [-0.3, -0.25) is 6.08 Å². The quantitative estimate of drug-likeness (QED) is 0.546. The third kappa shape index (κ3) is 3.84. The standard InChI is InChI=1S/C11H17.Hf/c1-3-5-6-11-8-7-10(4-2)9-11;/h9H,3-7H2,1-2H3;/q-1;. The summed E-state index contributed by atoms with van der Waals surface area (Å²) in [5, 5.41) is 0. The summed E-state index contributed by atoms with van der Waals surface area (Å²) >= 11 is 0. The minimum absolute atomic E-state index is 0. The predicted octanol–water partition coefficient (Wildman–Crippen LogP) is 3.64. The van der Waals surface area contributed by atoms with Gasteiger partial charge in [-0.15, -0.1) is 6.42 Å². The molecule has 0 aromatic rings. The molecule has 0 fully saturated rings. The van der Waals surface area contributed by atoms with Gasteiger partial charge in [0.15, 0.2) is 0 Å². The second-order valence-corrected chi connectivity index (χ2v) is 3.14. The van der Waals surface area contributed by atoms with Gasteiger partial charge in [0.2, 0.25) is 0 Å². The van der Waals surface area contributed by atoms with E-state index in [1.165, 1.54) is 31.3 Å². The van der Waals surface area contributed by atoms with E-state index >= 15 is 0 Å². The van der Waals surface area contributed by atoms with Gasteiger partial charge in [0, 0.05) is 25.8 Å². The molecule has 0 amide bonds. The number of allylic oxidation sites excluding steroid dienone is 4. The summed E-state index contributed by atoms with van der Waals surface area (Å²) in [6.45, 7) is 4.45. The van der Waals surface area contributed by atoms with Crippen molar-refractivity contribution >= 4 is 0 Å². The van der Waals surface area contributed by atoms with Crippen molar-refractivity contribution in [3.8, 4) is 0 Å². The number of unbranched alkanes of at least 4 members (excludes halogenated alkanes) is 1. The third-order valence-electron chi connectivity index (χ3n) is 2.17. The molecule has 0 saturated heterocycles. The Morgan fingerprint density at radius 3 is 2.67 bits per heavy atom. The van der Waals surface area contributed by atoms with Crippen LogP contribution < -0.4 is 0 Å². The number of rotatable bonds is 4. The SMILES string of the molecule is CCCCC1=[C-]CC(CC)=C1.[Hf]. The first kappa shape index (κ1) is 12.4. The second kappa shape index (κ2) is 6.82. The summed E-state index contributed by atoms with van der Waals surface area (Å²) in [6.07, 6.45) is 11.9. The summed E-state index contributed by atoms with van der Waals surface area (Å²) in [5.74, 6) is 0. The molecule has 0 aromatic carbocycles. The van der Waals surface area contributed by atoms with Gasteiger partial charge in [-0.25, -0.2) is 11.6 Å². The Balaban J connectivity index is 0.00000121. The molecule has 0 nitrogen and oxygen atoms in total. The zero-order chi connectivity index (χ0) is 8.10. The van der Waals surface area contributed by atoms with Crippen LogP contribution in [-0.4, -0.2) is 0 Å².